The van der Waals surface area contributed by atoms with Gasteiger partial charge in [-0.3, -0.25) is 19.4 Å². The molecular weight excluding hydrogens is 568 g/mol. The van der Waals surface area contributed by atoms with Crippen LogP contribution in [0.2, 0.25) is 0 Å². The van der Waals surface area contributed by atoms with Gasteiger partial charge in [0.2, 0.25) is 5.91 Å². The maximum Gasteiger partial charge on any atom is 0.338 e. The van der Waals surface area contributed by atoms with Crippen LogP contribution >= 0.6 is 0 Å². The van der Waals surface area contributed by atoms with E-state index in [1.807, 2.05) is 56.3 Å². The predicted molar refractivity (Wildman–Crippen MR) is 170 cm³/mol. The number of pyridine rings is 1. The number of rotatable bonds is 6. The minimum Gasteiger partial charge on any atom is -0.455 e. The molecular formula is C36H34N4O5. The summed E-state index contributed by atoms with van der Waals surface area (Å²) in [7, 11) is 1.68. The summed E-state index contributed by atoms with van der Waals surface area (Å²) < 4.78 is 5.63. The van der Waals surface area contributed by atoms with Gasteiger partial charge in [0, 0.05) is 31.5 Å². The maximum atomic E-state index is 13.9. The zero-order valence-corrected chi connectivity index (χ0v) is 25.7. The van der Waals surface area contributed by atoms with Crippen LogP contribution in [-0.2, 0) is 16.1 Å². The minimum absolute atomic E-state index is 0.155. The van der Waals surface area contributed by atoms with Gasteiger partial charge in [-0.2, -0.15) is 0 Å². The van der Waals surface area contributed by atoms with E-state index in [1.165, 1.54) is 4.90 Å². The predicted octanol–water partition coefficient (Wildman–Crippen LogP) is 5.05. The molecule has 0 spiro atoms. The number of carbonyl (C=O) groups is 4. The molecule has 9 nitrogen and oxygen atoms in total. The third-order valence-corrected chi connectivity index (χ3v) is 8.56. The largest absolute Gasteiger partial charge is 0.455 e. The number of esters is 1. The van der Waals surface area contributed by atoms with Crippen LogP contribution in [0.3, 0.4) is 0 Å². The number of fused-ring (bicyclic) bond motifs is 1. The highest BCUT2D eigenvalue weighted by Crippen LogP contribution is 2.32. The summed E-state index contributed by atoms with van der Waals surface area (Å²) in [5.74, 6) is -1.04. The second-order valence-electron chi connectivity index (χ2n) is 11.7. The molecule has 228 valence electrons. The van der Waals surface area contributed by atoms with Crippen LogP contribution in [0.25, 0.3) is 11.1 Å². The van der Waals surface area contributed by atoms with Gasteiger partial charge in [0.05, 0.1) is 29.9 Å². The molecule has 1 atom stereocenters. The Bertz CT molecular complexity index is 1820. The Morgan fingerprint density at radius 1 is 0.911 bits per heavy atom. The summed E-state index contributed by atoms with van der Waals surface area (Å²) in [6.07, 6.45) is 3.03. The highest BCUT2D eigenvalue weighted by atomic mass is 16.5. The Morgan fingerprint density at radius 3 is 2.40 bits per heavy atom. The van der Waals surface area contributed by atoms with Crippen molar-refractivity contribution in [3.05, 3.63) is 119 Å². The first-order chi connectivity index (χ1) is 21.6. The maximum absolute atomic E-state index is 13.9. The summed E-state index contributed by atoms with van der Waals surface area (Å²) in [5, 5.41) is 0. The first-order valence-electron chi connectivity index (χ1n) is 14.9. The fourth-order valence-electron chi connectivity index (χ4n) is 5.90. The van der Waals surface area contributed by atoms with E-state index in [-0.39, 0.29) is 30.4 Å². The van der Waals surface area contributed by atoms with E-state index in [2.05, 4.69) is 4.98 Å². The Kier molecular flexibility index (Phi) is 7.93. The number of amides is 3. The molecule has 3 amide bonds. The number of hydrogen-bond acceptors (Lipinski definition) is 6. The SMILES string of the molecule is Cc1ccc(C(=O)OC2CN(C(=O)c3cccc(CN4C(=O)c5ccc(-c6ccncc6)cc5N(C)C(=O)[C@H]4C)c3)C2)c(C)c1. The van der Waals surface area contributed by atoms with Gasteiger partial charge in [-0.25, -0.2) is 4.79 Å². The van der Waals surface area contributed by atoms with Crippen molar-refractivity contribution in [2.24, 2.45) is 0 Å². The number of aromatic nitrogens is 1. The number of benzene rings is 3. The second-order valence-corrected chi connectivity index (χ2v) is 11.7. The molecule has 1 saturated heterocycles. The zero-order chi connectivity index (χ0) is 31.8. The number of hydrogen-bond donors (Lipinski definition) is 0. The van der Waals surface area contributed by atoms with Crippen molar-refractivity contribution in [2.75, 3.05) is 25.0 Å². The standard InChI is InChI=1S/C36H34N4O5/c1-22-8-10-30(23(2)16-22)36(44)45-29-20-39(21-29)34(42)28-7-5-6-25(17-28)19-40-24(3)33(41)38(4)32-18-27(9-11-31(32)35(40)43)26-12-14-37-15-13-26/h5-18,24,29H,19-21H2,1-4H3/t24-/m1/s1. The van der Waals surface area contributed by atoms with Crippen LogP contribution in [-0.4, -0.2) is 70.8 Å². The minimum atomic E-state index is -0.721. The Labute approximate surface area is 262 Å². The number of aryl methyl sites for hydroxylation is 2. The van der Waals surface area contributed by atoms with Gasteiger partial charge in [-0.15, -0.1) is 0 Å². The fraction of sp³-hybridized carbons (Fsp3) is 0.250. The van der Waals surface area contributed by atoms with Crippen LogP contribution in [0.4, 0.5) is 5.69 Å². The van der Waals surface area contributed by atoms with E-state index < -0.39 is 12.0 Å². The van der Waals surface area contributed by atoms with Crippen molar-refractivity contribution in [3.8, 4) is 11.1 Å². The summed E-state index contributed by atoms with van der Waals surface area (Å²) in [5.41, 5.74) is 6.43. The van der Waals surface area contributed by atoms with E-state index in [0.29, 0.717) is 35.5 Å². The van der Waals surface area contributed by atoms with Gasteiger partial charge < -0.3 is 19.4 Å². The number of likely N-dealkylation sites (tertiary alicyclic amines) is 1. The fourth-order valence-corrected chi connectivity index (χ4v) is 5.90. The monoisotopic (exact) mass is 602 g/mol. The Hall–Kier alpha value is -5.31. The molecule has 6 rings (SSSR count). The first-order valence-corrected chi connectivity index (χ1v) is 14.9. The lowest BCUT2D eigenvalue weighted by molar-refractivity contribution is -0.122. The zero-order valence-electron chi connectivity index (χ0n) is 25.7. The molecule has 0 saturated carbocycles. The van der Waals surface area contributed by atoms with Crippen LogP contribution in [0.1, 0.15) is 54.7 Å². The highest BCUT2D eigenvalue weighted by Gasteiger charge is 2.37. The van der Waals surface area contributed by atoms with Crippen molar-refractivity contribution in [1.29, 1.82) is 0 Å². The van der Waals surface area contributed by atoms with Gasteiger partial charge in [-0.1, -0.05) is 35.9 Å². The van der Waals surface area contributed by atoms with Crippen molar-refractivity contribution in [1.82, 2.24) is 14.8 Å². The quantitative estimate of drug-likeness (QED) is 0.286. The normalized spacial score (nSPS) is 16.6. The van der Waals surface area contributed by atoms with Crippen LogP contribution < -0.4 is 4.90 Å². The summed E-state index contributed by atoms with van der Waals surface area (Å²) in [4.78, 5) is 62.1. The molecule has 1 fully saturated rings. The van der Waals surface area contributed by atoms with Crippen LogP contribution in [0.5, 0.6) is 0 Å². The average molecular weight is 603 g/mol. The van der Waals surface area contributed by atoms with E-state index in [9.17, 15) is 19.2 Å². The topological polar surface area (TPSA) is 100 Å². The summed E-state index contributed by atoms with van der Waals surface area (Å²) >= 11 is 0. The molecule has 2 aliphatic heterocycles. The molecule has 2 aliphatic rings. The van der Waals surface area contributed by atoms with Gasteiger partial charge in [0.1, 0.15) is 12.1 Å². The molecule has 3 heterocycles. The lowest BCUT2D eigenvalue weighted by Crippen LogP contribution is -2.55. The van der Waals surface area contributed by atoms with E-state index in [4.69, 9.17) is 4.74 Å². The van der Waals surface area contributed by atoms with Gasteiger partial charge in [0.15, 0.2) is 0 Å². The Balaban J connectivity index is 1.15. The average Bonchev–Trinajstić information content (AvgIpc) is 3.09. The second kappa shape index (κ2) is 12.0. The molecule has 0 N–H and O–H groups in total. The molecule has 0 unspecified atom stereocenters. The lowest BCUT2D eigenvalue weighted by Gasteiger charge is -2.38. The molecule has 3 aromatic carbocycles. The van der Waals surface area contributed by atoms with E-state index >= 15 is 0 Å². The van der Waals surface area contributed by atoms with Gasteiger partial charge >= 0.3 is 5.97 Å². The first kappa shape index (κ1) is 29.7. The molecule has 45 heavy (non-hydrogen) atoms. The highest BCUT2D eigenvalue weighted by molar-refractivity contribution is 6.11. The number of nitrogens with zero attached hydrogens (tertiary/aromatic N) is 4. The smallest absolute Gasteiger partial charge is 0.338 e. The van der Waals surface area contributed by atoms with Gasteiger partial charge in [0.25, 0.3) is 11.8 Å². The number of ether oxygens (including phenoxy) is 1. The van der Waals surface area contributed by atoms with Crippen molar-refractivity contribution >= 4 is 29.4 Å². The molecule has 4 aromatic rings. The molecule has 9 heteroatoms. The van der Waals surface area contributed by atoms with E-state index in [1.54, 1.807) is 66.5 Å². The third kappa shape index (κ3) is 5.81. The van der Waals surface area contributed by atoms with Crippen molar-refractivity contribution in [2.45, 2.75) is 39.5 Å². The summed E-state index contributed by atoms with van der Waals surface area (Å²) in [6.45, 7) is 6.33. The van der Waals surface area contributed by atoms with Crippen LogP contribution in [0.15, 0.2) is 85.2 Å². The molecule has 0 aliphatic carbocycles. The lowest BCUT2D eigenvalue weighted by atomic mass is 10.0. The number of anilines is 1. The van der Waals surface area contributed by atoms with Crippen molar-refractivity contribution in [3.63, 3.8) is 0 Å². The number of likely N-dealkylation sites (N-methyl/N-ethyl adjacent to an activating group) is 1. The van der Waals surface area contributed by atoms with Gasteiger partial charge in [-0.05, 0) is 85.5 Å². The third-order valence-electron chi connectivity index (χ3n) is 8.56. The molecule has 1 aromatic heterocycles. The Morgan fingerprint density at radius 2 is 1.67 bits per heavy atom. The number of carbonyl (C=O) groups excluding carboxylic acids is 4. The van der Waals surface area contributed by atoms with Crippen LogP contribution in [0, 0.1) is 13.8 Å². The summed E-state index contributed by atoms with van der Waals surface area (Å²) in [6, 6.07) is 21.2. The van der Waals surface area contributed by atoms with E-state index in [0.717, 1.165) is 27.8 Å². The van der Waals surface area contributed by atoms with Crippen molar-refractivity contribution < 1.29 is 23.9 Å². The molecule has 0 bridgehead atoms. The molecule has 0 radical (unpaired) electrons.